The van der Waals surface area contributed by atoms with Crippen molar-refractivity contribution in [2.24, 2.45) is 0 Å². The molecule has 2 aromatic rings. The van der Waals surface area contributed by atoms with Crippen LogP contribution in [0.5, 0.6) is 0 Å². The van der Waals surface area contributed by atoms with Crippen LogP contribution in [0.3, 0.4) is 0 Å². The van der Waals surface area contributed by atoms with Gasteiger partial charge in [-0.25, -0.2) is 4.79 Å². The van der Waals surface area contributed by atoms with Gasteiger partial charge in [-0.3, -0.25) is 4.79 Å². The molecule has 2 rings (SSSR count). The number of hydrogen-bond acceptors (Lipinski definition) is 4. The molecule has 0 spiro atoms. The average Bonchev–Trinajstić information content (AvgIpc) is 2.94. The molecule has 1 aromatic heterocycles. The molecule has 0 aliphatic heterocycles. The summed E-state index contributed by atoms with van der Waals surface area (Å²) in [7, 11) is 0. The molecule has 1 atom stereocenters. The summed E-state index contributed by atoms with van der Waals surface area (Å²) in [5.74, 6) is -0.271. The minimum Gasteiger partial charge on any atom is -0.478 e. The molecule has 1 aromatic carbocycles. The minimum atomic E-state index is -1.02. The predicted octanol–water partition coefficient (Wildman–Crippen LogP) is 3.83. The summed E-state index contributed by atoms with van der Waals surface area (Å²) in [6.45, 7) is 1.92. The maximum atomic E-state index is 11.5. The first-order valence-corrected chi connectivity index (χ1v) is 8.94. The van der Waals surface area contributed by atoms with Crippen molar-refractivity contribution in [2.75, 3.05) is 16.9 Å². The van der Waals surface area contributed by atoms with Gasteiger partial charge < -0.3 is 10.0 Å². The van der Waals surface area contributed by atoms with Crippen molar-refractivity contribution in [1.29, 1.82) is 0 Å². The number of carboxylic acid groups (broad SMARTS) is 1. The maximum absolute atomic E-state index is 11.5. The van der Waals surface area contributed by atoms with Crippen LogP contribution in [0.1, 0.15) is 17.3 Å². The van der Waals surface area contributed by atoms with Crippen molar-refractivity contribution in [3.05, 3.63) is 42.0 Å². The van der Waals surface area contributed by atoms with Gasteiger partial charge in [0.15, 0.2) is 0 Å². The van der Waals surface area contributed by atoms with Gasteiger partial charge in [0.1, 0.15) is 5.00 Å². The van der Waals surface area contributed by atoms with Crippen molar-refractivity contribution in [3.8, 4) is 10.4 Å². The molecule has 0 aliphatic rings. The van der Waals surface area contributed by atoms with Crippen LogP contribution < -0.4 is 4.90 Å². The lowest BCUT2D eigenvalue weighted by Gasteiger charge is -2.23. The highest BCUT2D eigenvalue weighted by Gasteiger charge is 2.24. The van der Waals surface area contributed by atoms with E-state index >= 15 is 0 Å². The summed E-state index contributed by atoms with van der Waals surface area (Å²) < 4.78 is 0. The minimum absolute atomic E-state index is 0.0622. The van der Waals surface area contributed by atoms with Gasteiger partial charge in [-0.15, -0.1) is 11.3 Å². The molecule has 1 amide bonds. The van der Waals surface area contributed by atoms with Crippen molar-refractivity contribution in [3.63, 3.8) is 0 Å². The van der Waals surface area contributed by atoms with E-state index in [0.717, 1.165) is 16.2 Å². The van der Waals surface area contributed by atoms with Gasteiger partial charge in [0.05, 0.1) is 5.56 Å². The fourth-order valence-electron chi connectivity index (χ4n) is 2.14. The van der Waals surface area contributed by atoms with E-state index < -0.39 is 5.97 Å². The Bertz CT molecular complexity index is 655. The summed E-state index contributed by atoms with van der Waals surface area (Å²) in [6.07, 6.45) is 2.68. The SMILES string of the molecule is CSCC(C)N(C=O)c1sc(-c2ccccc2)cc1C(=O)O. The number of thiophene rings is 1. The quantitative estimate of drug-likeness (QED) is 0.781. The summed E-state index contributed by atoms with van der Waals surface area (Å²) >= 11 is 2.95. The Morgan fingerprint density at radius 1 is 1.41 bits per heavy atom. The third-order valence-corrected chi connectivity index (χ3v) is 5.25. The van der Waals surface area contributed by atoms with E-state index in [1.165, 1.54) is 16.2 Å². The molecule has 1 unspecified atom stereocenters. The molecule has 0 radical (unpaired) electrons. The van der Waals surface area contributed by atoms with E-state index in [4.69, 9.17) is 0 Å². The van der Waals surface area contributed by atoms with Gasteiger partial charge in [-0.05, 0) is 24.8 Å². The van der Waals surface area contributed by atoms with Gasteiger partial charge in [0, 0.05) is 16.7 Å². The lowest BCUT2D eigenvalue weighted by atomic mass is 10.1. The third-order valence-electron chi connectivity index (χ3n) is 3.23. The standard InChI is InChI=1S/C16H17NO3S2/c1-11(9-21-2)17(10-18)15-13(16(19)20)8-14(22-15)12-6-4-3-5-7-12/h3-8,10-11H,9H2,1-2H3,(H,19,20). The maximum Gasteiger partial charge on any atom is 0.338 e. The normalized spacial score (nSPS) is 11.9. The number of benzene rings is 1. The van der Waals surface area contributed by atoms with Crippen LogP contribution in [0.25, 0.3) is 10.4 Å². The Morgan fingerprint density at radius 3 is 2.64 bits per heavy atom. The van der Waals surface area contributed by atoms with Crippen LogP contribution in [-0.2, 0) is 4.79 Å². The number of carbonyl (C=O) groups is 2. The Hall–Kier alpha value is -1.79. The molecular formula is C16H17NO3S2. The van der Waals surface area contributed by atoms with E-state index in [1.807, 2.05) is 43.5 Å². The lowest BCUT2D eigenvalue weighted by molar-refractivity contribution is -0.107. The van der Waals surface area contributed by atoms with Gasteiger partial charge in [-0.2, -0.15) is 11.8 Å². The molecule has 22 heavy (non-hydrogen) atoms. The summed E-state index contributed by atoms with van der Waals surface area (Å²) in [6, 6.07) is 11.2. The number of nitrogens with zero attached hydrogens (tertiary/aromatic N) is 1. The van der Waals surface area contributed by atoms with Crippen molar-refractivity contribution in [2.45, 2.75) is 13.0 Å². The zero-order chi connectivity index (χ0) is 16.1. The van der Waals surface area contributed by atoms with Crippen LogP contribution in [0.2, 0.25) is 0 Å². The molecule has 6 heteroatoms. The molecular weight excluding hydrogens is 318 g/mol. The lowest BCUT2D eigenvalue weighted by Crippen LogP contribution is -2.33. The van der Waals surface area contributed by atoms with Gasteiger partial charge in [-0.1, -0.05) is 30.3 Å². The molecule has 4 nitrogen and oxygen atoms in total. The zero-order valence-corrected chi connectivity index (χ0v) is 14.0. The van der Waals surface area contributed by atoms with Crippen molar-refractivity contribution in [1.82, 2.24) is 0 Å². The Kier molecular flexibility index (Phi) is 5.63. The molecule has 0 saturated carbocycles. The average molecular weight is 335 g/mol. The Labute approximate surface area is 137 Å². The second-order valence-electron chi connectivity index (χ2n) is 4.82. The van der Waals surface area contributed by atoms with Gasteiger partial charge in [0.2, 0.25) is 6.41 Å². The first-order valence-electron chi connectivity index (χ1n) is 6.73. The van der Waals surface area contributed by atoms with Crippen LogP contribution >= 0.6 is 23.1 Å². The number of hydrogen-bond donors (Lipinski definition) is 1. The molecule has 116 valence electrons. The molecule has 0 bridgehead atoms. The highest BCUT2D eigenvalue weighted by atomic mass is 32.2. The first-order chi connectivity index (χ1) is 10.6. The van der Waals surface area contributed by atoms with E-state index in [9.17, 15) is 14.7 Å². The van der Waals surface area contributed by atoms with E-state index in [-0.39, 0.29) is 11.6 Å². The van der Waals surface area contributed by atoms with Gasteiger partial charge in [0.25, 0.3) is 0 Å². The topological polar surface area (TPSA) is 57.6 Å². The number of aromatic carboxylic acids is 1. The molecule has 0 aliphatic carbocycles. The fraction of sp³-hybridized carbons (Fsp3) is 0.250. The van der Waals surface area contributed by atoms with E-state index in [1.54, 1.807) is 17.8 Å². The highest BCUT2D eigenvalue weighted by Crippen LogP contribution is 2.38. The monoisotopic (exact) mass is 335 g/mol. The number of thioether (sulfide) groups is 1. The number of carbonyl (C=O) groups excluding carboxylic acids is 1. The molecule has 1 N–H and O–H groups in total. The zero-order valence-electron chi connectivity index (χ0n) is 12.4. The van der Waals surface area contributed by atoms with Gasteiger partial charge >= 0.3 is 5.97 Å². The molecule has 0 fully saturated rings. The summed E-state index contributed by atoms with van der Waals surface area (Å²) in [4.78, 5) is 25.4. The number of anilines is 1. The number of rotatable bonds is 7. The second-order valence-corrected chi connectivity index (χ2v) is 6.76. The predicted molar refractivity (Wildman–Crippen MR) is 93.1 cm³/mol. The van der Waals surface area contributed by atoms with Crippen LogP contribution in [0.15, 0.2) is 36.4 Å². The summed E-state index contributed by atoms with van der Waals surface area (Å²) in [5.41, 5.74) is 1.12. The van der Waals surface area contributed by atoms with Crippen molar-refractivity contribution < 1.29 is 14.7 Å². The van der Waals surface area contributed by atoms with Crippen LogP contribution in [0.4, 0.5) is 5.00 Å². The smallest absolute Gasteiger partial charge is 0.338 e. The Morgan fingerprint density at radius 2 is 2.09 bits per heavy atom. The first kappa shape index (κ1) is 16.6. The van der Waals surface area contributed by atoms with Crippen LogP contribution in [-0.4, -0.2) is 35.5 Å². The highest BCUT2D eigenvalue weighted by molar-refractivity contribution is 7.98. The largest absolute Gasteiger partial charge is 0.478 e. The summed E-state index contributed by atoms with van der Waals surface area (Å²) in [5, 5.41) is 9.93. The fourth-order valence-corrected chi connectivity index (χ4v) is 4.01. The molecule has 0 saturated heterocycles. The Balaban J connectivity index is 2.47. The molecule has 1 heterocycles. The van der Waals surface area contributed by atoms with Crippen LogP contribution in [0, 0.1) is 0 Å². The third kappa shape index (κ3) is 3.51. The van der Waals surface area contributed by atoms with E-state index in [2.05, 4.69) is 0 Å². The number of carboxylic acids is 1. The van der Waals surface area contributed by atoms with E-state index in [0.29, 0.717) is 11.4 Å². The van der Waals surface area contributed by atoms with Crippen molar-refractivity contribution >= 4 is 40.5 Å². The second kappa shape index (κ2) is 7.47. The number of amides is 1.